The van der Waals surface area contributed by atoms with Crippen LogP contribution in [-0.4, -0.2) is 29.2 Å². The standard InChI is InChI=1S/C11H16NOS.HI/c1-12-5-2-3-9(12)10(13)11-8(7-12)4-6-14-11;/h4,6,9-10,13H,2-3,5,7H2,1H3;1H/q+1;/p-1/t9-,10-,12-;/m0./s1. The molecule has 3 atom stereocenters. The van der Waals surface area contributed by atoms with Gasteiger partial charge >= 0.3 is 0 Å². The molecule has 1 fully saturated rings. The van der Waals surface area contributed by atoms with Crippen LogP contribution in [0.5, 0.6) is 0 Å². The number of likely N-dealkylation sites (N-methyl/N-ethyl adjacent to an activating group) is 1. The van der Waals surface area contributed by atoms with E-state index in [1.54, 1.807) is 11.3 Å². The second-order valence-corrected chi connectivity index (χ2v) is 5.77. The van der Waals surface area contributed by atoms with E-state index in [0.29, 0.717) is 6.04 Å². The largest absolute Gasteiger partial charge is 1.00 e. The Balaban J connectivity index is 0.000000853. The minimum Gasteiger partial charge on any atom is -1.00 e. The van der Waals surface area contributed by atoms with E-state index in [2.05, 4.69) is 18.5 Å². The van der Waals surface area contributed by atoms with Crippen molar-refractivity contribution in [3.63, 3.8) is 0 Å². The van der Waals surface area contributed by atoms with Gasteiger partial charge in [-0.25, -0.2) is 0 Å². The molecule has 1 aromatic rings. The first-order chi connectivity index (χ1) is 6.71. The number of rotatable bonds is 0. The zero-order chi connectivity index (χ0) is 9.76. The predicted molar refractivity (Wildman–Crippen MR) is 57.1 cm³/mol. The Morgan fingerprint density at radius 2 is 2.33 bits per heavy atom. The molecule has 0 saturated carbocycles. The van der Waals surface area contributed by atoms with Gasteiger partial charge in [0.05, 0.1) is 13.6 Å². The highest BCUT2D eigenvalue weighted by Gasteiger charge is 2.47. The van der Waals surface area contributed by atoms with Gasteiger partial charge in [-0.05, 0) is 11.4 Å². The van der Waals surface area contributed by atoms with Crippen LogP contribution in [0.15, 0.2) is 11.4 Å². The van der Waals surface area contributed by atoms with Crippen molar-refractivity contribution in [2.45, 2.75) is 31.5 Å². The summed E-state index contributed by atoms with van der Waals surface area (Å²) in [7, 11) is 2.29. The van der Waals surface area contributed by atoms with Crippen molar-refractivity contribution in [3.05, 3.63) is 21.9 Å². The highest BCUT2D eigenvalue weighted by molar-refractivity contribution is 7.10. The fraction of sp³-hybridized carbons (Fsp3) is 0.636. The lowest BCUT2D eigenvalue weighted by atomic mass is 9.97. The van der Waals surface area contributed by atoms with Crippen LogP contribution in [-0.2, 0) is 6.54 Å². The van der Waals surface area contributed by atoms with Gasteiger partial charge in [0.1, 0.15) is 18.7 Å². The van der Waals surface area contributed by atoms with Crippen LogP contribution in [0.25, 0.3) is 0 Å². The number of hydrogen-bond acceptors (Lipinski definition) is 2. The number of aliphatic hydroxyl groups excluding tert-OH is 1. The monoisotopic (exact) mass is 337 g/mol. The van der Waals surface area contributed by atoms with E-state index in [1.807, 2.05) is 0 Å². The van der Waals surface area contributed by atoms with E-state index in [0.717, 1.165) is 11.0 Å². The van der Waals surface area contributed by atoms with Gasteiger partial charge in [0, 0.05) is 23.3 Å². The highest BCUT2D eigenvalue weighted by Crippen LogP contribution is 2.43. The summed E-state index contributed by atoms with van der Waals surface area (Å²) in [4.78, 5) is 1.23. The number of nitrogens with zero attached hydrogens (tertiary/aromatic N) is 1. The molecule has 2 nitrogen and oxygen atoms in total. The minimum atomic E-state index is -0.203. The van der Waals surface area contributed by atoms with Crippen molar-refractivity contribution in [2.24, 2.45) is 0 Å². The lowest BCUT2D eigenvalue weighted by Gasteiger charge is -2.42. The Kier molecular flexibility index (Phi) is 3.14. The fourth-order valence-electron chi connectivity index (χ4n) is 3.14. The Bertz CT molecular complexity index is 367. The van der Waals surface area contributed by atoms with Gasteiger partial charge in [-0.15, -0.1) is 11.3 Å². The van der Waals surface area contributed by atoms with Gasteiger partial charge in [-0.3, -0.25) is 0 Å². The van der Waals surface area contributed by atoms with Crippen LogP contribution in [0, 0.1) is 0 Å². The molecule has 0 aromatic carbocycles. The van der Waals surface area contributed by atoms with Crippen molar-refractivity contribution < 1.29 is 33.6 Å². The third-order valence-electron chi connectivity index (χ3n) is 3.91. The molecule has 2 aliphatic rings. The number of thiophene rings is 1. The van der Waals surface area contributed by atoms with E-state index in [-0.39, 0.29) is 30.1 Å². The summed E-state index contributed by atoms with van der Waals surface area (Å²) in [5.74, 6) is 0. The van der Waals surface area contributed by atoms with E-state index in [9.17, 15) is 5.11 Å². The molecule has 1 aromatic heterocycles. The van der Waals surface area contributed by atoms with Crippen molar-refractivity contribution in [3.8, 4) is 0 Å². The molecule has 1 saturated heterocycles. The number of aliphatic hydroxyl groups is 1. The van der Waals surface area contributed by atoms with Gasteiger partial charge in [0.2, 0.25) is 0 Å². The molecule has 0 spiro atoms. The minimum absolute atomic E-state index is 0. The summed E-state index contributed by atoms with van der Waals surface area (Å²) < 4.78 is 1.06. The van der Waals surface area contributed by atoms with Crippen molar-refractivity contribution >= 4 is 11.3 Å². The van der Waals surface area contributed by atoms with Crippen molar-refractivity contribution in [1.29, 1.82) is 0 Å². The maximum Gasteiger partial charge on any atom is 0.140 e. The zero-order valence-corrected chi connectivity index (χ0v) is 11.8. The predicted octanol–water partition coefficient (Wildman–Crippen LogP) is -1.09. The molecule has 2 aliphatic heterocycles. The van der Waals surface area contributed by atoms with Crippen LogP contribution in [0.3, 0.4) is 0 Å². The molecular formula is C11H16INOS. The molecule has 15 heavy (non-hydrogen) atoms. The molecule has 0 bridgehead atoms. The first kappa shape index (κ1) is 11.8. The second kappa shape index (κ2) is 3.98. The topological polar surface area (TPSA) is 20.2 Å². The van der Waals surface area contributed by atoms with Crippen LogP contribution < -0.4 is 24.0 Å². The smallest absolute Gasteiger partial charge is 0.140 e. The first-order valence-electron chi connectivity index (χ1n) is 5.29. The van der Waals surface area contributed by atoms with Gasteiger partial charge in [-0.1, -0.05) is 0 Å². The van der Waals surface area contributed by atoms with E-state index in [1.165, 1.54) is 29.8 Å². The summed E-state index contributed by atoms with van der Waals surface area (Å²) in [6, 6.07) is 2.64. The highest BCUT2D eigenvalue weighted by atomic mass is 127. The Morgan fingerprint density at radius 3 is 3.13 bits per heavy atom. The van der Waals surface area contributed by atoms with Gasteiger partial charge < -0.3 is 33.6 Å². The molecule has 3 heterocycles. The summed E-state index contributed by atoms with van der Waals surface area (Å²) in [5, 5.41) is 12.4. The van der Waals surface area contributed by atoms with Gasteiger partial charge in [0.15, 0.2) is 0 Å². The van der Waals surface area contributed by atoms with Crippen LogP contribution in [0.2, 0.25) is 0 Å². The quantitative estimate of drug-likeness (QED) is 0.471. The van der Waals surface area contributed by atoms with Crippen LogP contribution in [0.4, 0.5) is 0 Å². The maximum atomic E-state index is 10.3. The number of quaternary nitrogens is 1. The molecular weight excluding hydrogens is 321 g/mol. The lowest BCUT2D eigenvalue weighted by Crippen LogP contribution is -3.00. The van der Waals surface area contributed by atoms with Gasteiger partial charge in [-0.2, -0.15) is 0 Å². The summed E-state index contributed by atoms with van der Waals surface area (Å²) in [6.45, 7) is 2.36. The van der Waals surface area contributed by atoms with Crippen molar-refractivity contribution in [1.82, 2.24) is 0 Å². The summed E-state index contributed by atoms with van der Waals surface area (Å²) in [6.07, 6.45) is 2.26. The molecule has 84 valence electrons. The zero-order valence-electron chi connectivity index (χ0n) is 8.82. The average molecular weight is 337 g/mol. The Morgan fingerprint density at radius 1 is 1.53 bits per heavy atom. The summed E-state index contributed by atoms with van der Waals surface area (Å²) in [5.41, 5.74) is 1.38. The molecule has 4 heteroatoms. The molecule has 0 aliphatic carbocycles. The van der Waals surface area contributed by atoms with E-state index >= 15 is 0 Å². The number of fused-ring (bicyclic) bond motifs is 2. The molecule has 0 unspecified atom stereocenters. The first-order valence-corrected chi connectivity index (χ1v) is 6.17. The normalized spacial score (nSPS) is 38.0. The van der Waals surface area contributed by atoms with E-state index in [4.69, 9.17) is 0 Å². The van der Waals surface area contributed by atoms with E-state index < -0.39 is 0 Å². The number of halogens is 1. The number of hydrogen-bond donors (Lipinski definition) is 1. The SMILES string of the molecule is C[N@@+]12CCC[C@H]1[C@H](O)c1sccc1C2.[I-]. The lowest BCUT2D eigenvalue weighted by molar-refractivity contribution is -0.940. The third kappa shape index (κ3) is 1.66. The van der Waals surface area contributed by atoms with Crippen LogP contribution >= 0.6 is 11.3 Å². The van der Waals surface area contributed by atoms with Crippen molar-refractivity contribution in [2.75, 3.05) is 13.6 Å². The van der Waals surface area contributed by atoms with Crippen LogP contribution in [0.1, 0.15) is 29.4 Å². The Labute approximate surface area is 112 Å². The second-order valence-electron chi connectivity index (χ2n) is 4.83. The maximum absolute atomic E-state index is 10.3. The average Bonchev–Trinajstić information content (AvgIpc) is 2.70. The van der Waals surface area contributed by atoms with Gasteiger partial charge in [0.25, 0.3) is 0 Å². The molecule has 0 amide bonds. The summed E-state index contributed by atoms with van der Waals surface area (Å²) >= 11 is 1.72. The fourth-order valence-corrected chi connectivity index (χ4v) is 4.10. The molecule has 3 rings (SSSR count). The third-order valence-corrected chi connectivity index (χ3v) is 4.94. The molecule has 1 N–H and O–H groups in total. The molecule has 0 radical (unpaired) electrons. The Hall–Kier alpha value is 0.350.